The third-order valence-corrected chi connectivity index (χ3v) is 4.37. The number of rotatable bonds is 5. The molecule has 2 aromatic rings. The summed E-state index contributed by atoms with van der Waals surface area (Å²) in [6.07, 6.45) is 0.563. The quantitative estimate of drug-likeness (QED) is 0.831. The first-order valence-corrected chi connectivity index (χ1v) is 8.67. The smallest absolute Gasteiger partial charge is 0.246 e. The van der Waals surface area contributed by atoms with Gasteiger partial charge in [0.2, 0.25) is 5.91 Å². The van der Waals surface area contributed by atoms with Gasteiger partial charge in [-0.2, -0.15) is 0 Å². The minimum Gasteiger partial charge on any atom is -0.363 e. The van der Waals surface area contributed by atoms with E-state index in [0.29, 0.717) is 13.0 Å². The van der Waals surface area contributed by atoms with Crippen LogP contribution in [0.2, 0.25) is 0 Å². The summed E-state index contributed by atoms with van der Waals surface area (Å²) in [5.41, 5.74) is 4.02. The molecule has 0 unspecified atom stereocenters. The molecule has 1 atom stereocenters. The van der Waals surface area contributed by atoms with E-state index in [9.17, 15) is 4.79 Å². The molecular formula is C19H19BrN2O2. The molecule has 0 aliphatic carbocycles. The number of aliphatic imine (C=N–C) groups is 1. The molecule has 1 heterocycles. The Morgan fingerprint density at radius 3 is 2.88 bits per heavy atom. The highest BCUT2D eigenvalue weighted by molar-refractivity contribution is 9.10. The lowest BCUT2D eigenvalue weighted by molar-refractivity contribution is -0.127. The zero-order chi connectivity index (χ0) is 16.9. The molecule has 124 valence electrons. The van der Waals surface area contributed by atoms with E-state index < -0.39 is 0 Å². The standard InChI is InChI=1S/C19H19BrN2O2/c1-13-9-18(16-10-15(20)7-8-17(16)22-13)24-12-19(23)21-11-14-5-3-2-4-6-14/h2-8,10,18H,9,11-12H2,1H3,(H,21,23)/t18-/m1/s1. The predicted octanol–water partition coefficient (Wildman–Crippen LogP) is 4.32. The van der Waals surface area contributed by atoms with Crippen LogP contribution in [0.25, 0.3) is 0 Å². The summed E-state index contributed by atoms with van der Waals surface area (Å²) in [4.78, 5) is 16.6. The van der Waals surface area contributed by atoms with Gasteiger partial charge in [-0.05, 0) is 30.7 Å². The minimum absolute atomic E-state index is 0.0384. The van der Waals surface area contributed by atoms with Gasteiger partial charge in [0, 0.05) is 28.7 Å². The fourth-order valence-electron chi connectivity index (χ4n) is 2.69. The molecule has 0 saturated heterocycles. The van der Waals surface area contributed by atoms with E-state index >= 15 is 0 Å². The average molecular weight is 387 g/mol. The number of ether oxygens (including phenoxy) is 1. The lowest BCUT2D eigenvalue weighted by Gasteiger charge is -2.24. The Morgan fingerprint density at radius 2 is 2.08 bits per heavy atom. The number of fused-ring (bicyclic) bond motifs is 1. The maximum atomic E-state index is 12.0. The highest BCUT2D eigenvalue weighted by Gasteiger charge is 2.22. The molecule has 4 nitrogen and oxygen atoms in total. The number of carbonyl (C=O) groups excluding carboxylic acids is 1. The van der Waals surface area contributed by atoms with E-state index in [0.717, 1.165) is 27.0 Å². The number of amides is 1. The van der Waals surface area contributed by atoms with Gasteiger partial charge in [-0.3, -0.25) is 9.79 Å². The molecule has 0 saturated carbocycles. The summed E-state index contributed by atoms with van der Waals surface area (Å²) in [6, 6.07) is 15.8. The van der Waals surface area contributed by atoms with Crippen molar-refractivity contribution in [3.8, 4) is 0 Å². The first-order chi connectivity index (χ1) is 11.6. The molecule has 5 heteroatoms. The van der Waals surface area contributed by atoms with Crippen LogP contribution in [-0.4, -0.2) is 18.2 Å². The largest absolute Gasteiger partial charge is 0.363 e. The van der Waals surface area contributed by atoms with E-state index in [4.69, 9.17) is 4.74 Å². The highest BCUT2D eigenvalue weighted by Crippen LogP contribution is 2.36. The number of nitrogens with zero attached hydrogens (tertiary/aromatic N) is 1. The predicted molar refractivity (Wildman–Crippen MR) is 98.5 cm³/mol. The van der Waals surface area contributed by atoms with Crippen LogP contribution in [0, 0.1) is 0 Å². The van der Waals surface area contributed by atoms with Crippen molar-refractivity contribution in [2.24, 2.45) is 4.99 Å². The summed E-state index contributed by atoms with van der Waals surface area (Å²) in [5.74, 6) is -0.115. The second kappa shape index (κ2) is 7.73. The number of carbonyl (C=O) groups is 1. The van der Waals surface area contributed by atoms with Crippen LogP contribution < -0.4 is 5.32 Å². The SMILES string of the molecule is CC1=Nc2ccc(Br)cc2[C@H](OCC(=O)NCc2ccccc2)C1. The van der Waals surface area contributed by atoms with Gasteiger partial charge in [-0.15, -0.1) is 0 Å². The van der Waals surface area contributed by atoms with Crippen LogP contribution in [0.5, 0.6) is 0 Å². The Bertz CT molecular complexity index is 759. The minimum atomic E-state index is -0.141. The zero-order valence-corrected chi connectivity index (χ0v) is 15.0. The van der Waals surface area contributed by atoms with Crippen molar-refractivity contribution in [3.05, 3.63) is 64.1 Å². The van der Waals surface area contributed by atoms with Crippen molar-refractivity contribution < 1.29 is 9.53 Å². The lowest BCUT2D eigenvalue weighted by Crippen LogP contribution is -2.28. The summed E-state index contributed by atoms with van der Waals surface area (Å²) in [5, 5.41) is 2.88. The van der Waals surface area contributed by atoms with Crippen LogP contribution in [0.15, 0.2) is 58.0 Å². The second-order valence-electron chi connectivity index (χ2n) is 5.82. The van der Waals surface area contributed by atoms with Gasteiger partial charge in [-0.1, -0.05) is 46.3 Å². The fraction of sp³-hybridized carbons (Fsp3) is 0.263. The number of hydrogen-bond donors (Lipinski definition) is 1. The molecule has 1 N–H and O–H groups in total. The lowest BCUT2D eigenvalue weighted by atomic mass is 9.99. The fourth-order valence-corrected chi connectivity index (χ4v) is 3.07. The van der Waals surface area contributed by atoms with Gasteiger partial charge in [0.05, 0.1) is 11.8 Å². The monoisotopic (exact) mass is 386 g/mol. The Labute approximate surface area is 150 Å². The third-order valence-electron chi connectivity index (χ3n) is 3.88. The van der Waals surface area contributed by atoms with E-state index in [1.165, 1.54) is 0 Å². The Kier molecular flexibility index (Phi) is 5.43. The van der Waals surface area contributed by atoms with Gasteiger partial charge < -0.3 is 10.1 Å². The van der Waals surface area contributed by atoms with Gasteiger partial charge in [0.15, 0.2) is 0 Å². The Morgan fingerprint density at radius 1 is 1.29 bits per heavy atom. The van der Waals surface area contributed by atoms with Crippen molar-refractivity contribution in [1.29, 1.82) is 0 Å². The molecule has 0 radical (unpaired) electrons. The Balaban J connectivity index is 1.58. The first kappa shape index (κ1) is 16.9. The number of benzene rings is 2. The number of halogens is 1. The molecule has 0 aromatic heterocycles. The second-order valence-corrected chi connectivity index (χ2v) is 6.73. The number of hydrogen-bond acceptors (Lipinski definition) is 3. The van der Waals surface area contributed by atoms with Crippen LogP contribution in [0.3, 0.4) is 0 Å². The summed E-state index contributed by atoms with van der Waals surface area (Å²) in [7, 11) is 0. The molecular weight excluding hydrogens is 368 g/mol. The van der Waals surface area contributed by atoms with Crippen LogP contribution in [-0.2, 0) is 16.1 Å². The molecule has 0 spiro atoms. The topological polar surface area (TPSA) is 50.7 Å². The molecule has 1 aliphatic rings. The van der Waals surface area contributed by atoms with E-state index in [1.54, 1.807) is 0 Å². The molecule has 3 rings (SSSR count). The van der Waals surface area contributed by atoms with Crippen molar-refractivity contribution in [3.63, 3.8) is 0 Å². The molecule has 1 aliphatic heterocycles. The summed E-state index contributed by atoms with van der Waals surface area (Å²) < 4.78 is 6.86. The molecule has 0 fully saturated rings. The van der Waals surface area contributed by atoms with Crippen molar-refractivity contribution >= 4 is 33.2 Å². The van der Waals surface area contributed by atoms with Gasteiger partial charge in [-0.25, -0.2) is 0 Å². The van der Waals surface area contributed by atoms with E-state index in [1.807, 2.05) is 55.5 Å². The average Bonchev–Trinajstić information content (AvgIpc) is 2.59. The Hall–Kier alpha value is -1.98. The van der Waals surface area contributed by atoms with Gasteiger partial charge >= 0.3 is 0 Å². The summed E-state index contributed by atoms with van der Waals surface area (Å²) >= 11 is 3.48. The first-order valence-electron chi connectivity index (χ1n) is 7.87. The van der Waals surface area contributed by atoms with E-state index in [-0.39, 0.29) is 18.6 Å². The van der Waals surface area contributed by atoms with Crippen molar-refractivity contribution in [2.45, 2.75) is 26.0 Å². The van der Waals surface area contributed by atoms with Crippen LogP contribution >= 0.6 is 15.9 Å². The van der Waals surface area contributed by atoms with E-state index in [2.05, 4.69) is 26.2 Å². The highest BCUT2D eigenvalue weighted by atomic mass is 79.9. The van der Waals surface area contributed by atoms with Crippen LogP contribution in [0.1, 0.15) is 30.6 Å². The van der Waals surface area contributed by atoms with Crippen molar-refractivity contribution in [2.75, 3.05) is 6.61 Å². The zero-order valence-electron chi connectivity index (χ0n) is 13.5. The maximum Gasteiger partial charge on any atom is 0.246 e. The van der Waals surface area contributed by atoms with Crippen molar-refractivity contribution in [1.82, 2.24) is 5.32 Å². The third kappa shape index (κ3) is 4.30. The molecule has 0 bridgehead atoms. The molecule has 2 aromatic carbocycles. The number of nitrogens with one attached hydrogen (secondary N) is 1. The normalized spacial score (nSPS) is 16.2. The van der Waals surface area contributed by atoms with Gasteiger partial charge in [0.1, 0.15) is 6.61 Å². The van der Waals surface area contributed by atoms with Gasteiger partial charge in [0.25, 0.3) is 0 Å². The molecule has 1 amide bonds. The molecule has 24 heavy (non-hydrogen) atoms. The van der Waals surface area contributed by atoms with Crippen LogP contribution in [0.4, 0.5) is 5.69 Å². The summed E-state index contributed by atoms with van der Waals surface area (Å²) in [6.45, 7) is 2.53. The maximum absolute atomic E-state index is 12.0.